The zero-order valence-electron chi connectivity index (χ0n) is 5.79. The van der Waals surface area contributed by atoms with Crippen molar-refractivity contribution in [3.8, 4) is 0 Å². The van der Waals surface area contributed by atoms with Gasteiger partial charge in [-0.2, -0.15) is 4.79 Å². The standard InChI is InChI=1S/C7H8N2O/c1-5-3-2-4-6(9-8)7(5)10/h3H,2,4H2,1H3. The summed E-state index contributed by atoms with van der Waals surface area (Å²) in [4.78, 5) is 13.9. The number of nitrogens with zero attached hydrogens (tertiary/aromatic N) is 2. The summed E-state index contributed by atoms with van der Waals surface area (Å²) >= 11 is 0. The molecule has 3 nitrogen and oxygen atoms in total. The molecule has 3 heteroatoms. The third-order valence-corrected chi connectivity index (χ3v) is 1.57. The van der Waals surface area contributed by atoms with Gasteiger partial charge in [0.15, 0.2) is 0 Å². The zero-order valence-corrected chi connectivity index (χ0v) is 5.79. The van der Waals surface area contributed by atoms with Crippen LogP contribution < -0.4 is 0 Å². The van der Waals surface area contributed by atoms with E-state index in [2.05, 4.69) is 4.79 Å². The van der Waals surface area contributed by atoms with E-state index in [9.17, 15) is 4.79 Å². The minimum atomic E-state index is -0.131. The molecular weight excluding hydrogens is 128 g/mol. The lowest BCUT2D eigenvalue weighted by Crippen LogP contribution is -2.19. The lowest BCUT2D eigenvalue weighted by atomic mass is 9.98. The molecule has 0 amide bonds. The van der Waals surface area contributed by atoms with Crippen LogP contribution in [-0.2, 0) is 4.79 Å². The van der Waals surface area contributed by atoms with E-state index in [1.54, 1.807) is 6.92 Å². The van der Waals surface area contributed by atoms with Gasteiger partial charge in [-0.25, -0.2) is 0 Å². The van der Waals surface area contributed by atoms with Crippen LogP contribution in [0.25, 0.3) is 5.53 Å². The van der Waals surface area contributed by atoms with Crippen molar-refractivity contribution in [3.05, 3.63) is 17.2 Å². The number of allylic oxidation sites excluding steroid dienone is 2. The molecule has 0 aromatic rings. The van der Waals surface area contributed by atoms with Gasteiger partial charge >= 0.3 is 5.71 Å². The fourth-order valence-electron chi connectivity index (χ4n) is 0.955. The van der Waals surface area contributed by atoms with E-state index >= 15 is 0 Å². The Morgan fingerprint density at radius 3 is 2.90 bits per heavy atom. The quantitative estimate of drug-likeness (QED) is 0.361. The first-order chi connectivity index (χ1) is 4.75. The highest BCUT2D eigenvalue weighted by molar-refractivity contribution is 6.44. The highest BCUT2D eigenvalue weighted by Gasteiger charge is 2.23. The van der Waals surface area contributed by atoms with Crippen LogP contribution in [0.5, 0.6) is 0 Å². The van der Waals surface area contributed by atoms with Crippen molar-refractivity contribution in [2.45, 2.75) is 19.8 Å². The van der Waals surface area contributed by atoms with E-state index in [-0.39, 0.29) is 11.5 Å². The van der Waals surface area contributed by atoms with Gasteiger partial charge in [-0.3, -0.25) is 4.79 Å². The minimum Gasteiger partial charge on any atom is -0.361 e. The number of ketones is 1. The molecule has 0 aromatic carbocycles. The first-order valence-electron chi connectivity index (χ1n) is 3.18. The lowest BCUT2D eigenvalue weighted by molar-refractivity contribution is -0.114. The van der Waals surface area contributed by atoms with Crippen molar-refractivity contribution in [2.24, 2.45) is 0 Å². The van der Waals surface area contributed by atoms with Gasteiger partial charge in [0.05, 0.1) is 6.42 Å². The molecule has 0 aromatic heterocycles. The van der Waals surface area contributed by atoms with Crippen molar-refractivity contribution >= 4 is 11.5 Å². The smallest absolute Gasteiger partial charge is 0.339 e. The number of rotatable bonds is 0. The van der Waals surface area contributed by atoms with Crippen molar-refractivity contribution in [3.63, 3.8) is 0 Å². The molecule has 0 saturated heterocycles. The highest BCUT2D eigenvalue weighted by atomic mass is 16.1. The molecule has 0 heterocycles. The third kappa shape index (κ3) is 1.04. The van der Waals surface area contributed by atoms with Crippen LogP contribution in [0.3, 0.4) is 0 Å². The normalized spacial score (nSPS) is 18.3. The molecule has 0 radical (unpaired) electrons. The average Bonchev–Trinajstić information content (AvgIpc) is 1.95. The van der Waals surface area contributed by atoms with Crippen LogP contribution in [0, 0.1) is 0 Å². The topological polar surface area (TPSA) is 53.5 Å². The largest absolute Gasteiger partial charge is 0.361 e. The van der Waals surface area contributed by atoms with Crippen LogP contribution in [0.15, 0.2) is 11.6 Å². The SMILES string of the molecule is CC1=CCCC(=[N+]=[N-])C1=O. The monoisotopic (exact) mass is 136 g/mol. The Labute approximate surface area is 59.0 Å². The molecular formula is C7H8N2O. The summed E-state index contributed by atoms with van der Waals surface area (Å²) in [5.74, 6) is -0.131. The van der Waals surface area contributed by atoms with Crippen molar-refractivity contribution in [1.82, 2.24) is 0 Å². The van der Waals surface area contributed by atoms with Crippen LogP contribution in [0.4, 0.5) is 0 Å². The Balaban J connectivity index is 3.00. The molecule has 0 N–H and O–H groups in total. The Bertz CT molecular complexity index is 246. The van der Waals surface area contributed by atoms with E-state index in [1.165, 1.54) is 0 Å². The summed E-state index contributed by atoms with van der Waals surface area (Å²) in [6.45, 7) is 1.73. The predicted molar refractivity (Wildman–Crippen MR) is 36.6 cm³/mol. The van der Waals surface area contributed by atoms with Crippen LogP contribution in [-0.4, -0.2) is 16.3 Å². The summed E-state index contributed by atoms with van der Waals surface area (Å²) in [5.41, 5.74) is 9.28. The molecule has 0 bridgehead atoms. The van der Waals surface area contributed by atoms with Gasteiger partial charge in [-0.05, 0) is 13.3 Å². The Hall–Kier alpha value is -1.21. The third-order valence-electron chi connectivity index (χ3n) is 1.57. The molecule has 0 atom stereocenters. The van der Waals surface area contributed by atoms with E-state index in [0.717, 1.165) is 6.42 Å². The van der Waals surface area contributed by atoms with Crippen LogP contribution in [0.1, 0.15) is 19.8 Å². The lowest BCUT2D eigenvalue weighted by Gasteiger charge is -2.00. The number of carbonyl (C=O) groups is 1. The molecule has 0 spiro atoms. The van der Waals surface area contributed by atoms with Gasteiger partial charge in [-0.1, -0.05) is 6.08 Å². The maximum Gasteiger partial charge on any atom is 0.339 e. The molecule has 0 saturated carbocycles. The van der Waals surface area contributed by atoms with Crippen molar-refractivity contribution < 1.29 is 9.58 Å². The first-order valence-corrected chi connectivity index (χ1v) is 3.18. The summed E-state index contributed by atoms with van der Waals surface area (Å²) in [6, 6.07) is 0. The van der Waals surface area contributed by atoms with Crippen LogP contribution >= 0.6 is 0 Å². The second kappa shape index (κ2) is 2.58. The number of Topliss-reactive ketones (excluding diaryl/α,β-unsaturated/α-hetero) is 1. The summed E-state index contributed by atoms with van der Waals surface area (Å²) in [5, 5.41) is 0. The van der Waals surface area contributed by atoms with E-state index in [1.807, 2.05) is 6.08 Å². The average molecular weight is 136 g/mol. The maximum atomic E-state index is 11.0. The molecule has 0 aliphatic heterocycles. The highest BCUT2D eigenvalue weighted by Crippen LogP contribution is 2.09. The van der Waals surface area contributed by atoms with Crippen molar-refractivity contribution in [2.75, 3.05) is 0 Å². The second-order valence-electron chi connectivity index (χ2n) is 2.30. The van der Waals surface area contributed by atoms with E-state index in [4.69, 9.17) is 5.53 Å². The van der Waals surface area contributed by atoms with E-state index in [0.29, 0.717) is 12.0 Å². The molecule has 1 aliphatic rings. The van der Waals surface area contributed by atoms with Crippen molar-refractivity contribution in [1.29, 1.82) is 0 Å². The van der Waals surface area contributed by atoms with Crippen LogP contribution in [0.2, 0.25) is 0 Å². The Morgan fingerprint density at radius 1 is 1.70 bits per heavy atom. The predicted octanol–water partition coefficient (Wildman–Crippen LogP) is 0.966. The first kappa shape index (κ1) is 6.90. The summed E-state index contributed by atoms with van der Waals surface area (Å²) in [7, 11) is 0. The van der Waals surface area contributed by atoms with Gasteiger partial charge in [0.25, 0.3) is 5.78 Å². The fraction of sp³-hybridized carbons (Fsp3) is 0.429. The molecule has 1 aliphatic carbocycles. The molecule has 52 valence electrons. The molecule has 10 heavy (non-hydrogen) atoms. The minimum absolute atomic E-state index is 0.131. The zero-order chi connectivity index (χ0) is 7.56. The number of hydrogen-bond acceptors (Lipinski definition) is 1. The van der Waals surface area contributed by atoms with E-state index < -0.39 is 0 Å². The fourth-order valence-corrected chi connectivity index (χ4v) is 0.955. The molecule has 0 unspecified atom stereocenters. The van der Waals surface area contributed by atoms with Gasteiger partial charge < -0.3 is 5.53 Å². The van der Waals surface area contributed by atoms with Gasteiger partial charge in [0.1, 0.15) is 0 Å². The summed E-state index contributed by atoms with van der Waals surface area (Å²) in [6.07, 6.45) is 3.22. The summed E-state index contributed by atoms with van der Waals surface area (Å²) < 4.78 is 0. The van der Waals surface area contributed by atoms with Gasteiger partial charge in [0, 0.05) is 5.57 Å². The Kier molecular flexibility index (Phi) is 1.78. The maximum absolute atomic E-state index is 11.0. The Morgan fingerprint density at radius 2 is 2.40 bits per heavy atom. The number of carbonyl (C=O) groups excluding carboxylic acids is 1. The van der Waals surface area contributed by atoms with Gasteiger partial charge in [-0.15, -0.1) is 0 Å². The second-order valence-corrected chi connectivity index (χ2v) is 2.30. The molecule has 0 fully saturated rings. The number of hydrogen-bond donors (Lipinski definition) is 0. The van der Waals surface area contributed by atoms with Gasteiger partial charge in [0.2, 0.25) is 0 Å². The molecule has 1 rings (SSSR count).